The molecule has 1 aliphatic rings. The van der Waals surface area contributed by atoms with Crippen molar-refractivity contribution in [2.45, 2.75) is 39.2 Å². The Kier molecular flexibility index (Phi) is 4.40. The normalized spacial score (nSPS) is 18.6. The lowest BCUT2D eigenvalue weighted by Crippen LogP contribution is -2.34. The topological polar surface area (TPSA) is 49.7 Å². The number of rotatable bonds is 4. The zero-order chi connectivity index (χ0) is 17.2. The van der Waals surface area contributed by atoms with Gasteiger partial charge in [-0.25, -0.2) is 9.67 Å². The Labute approximate surface area is 148 Å². The van der Waals surface area contributed by atoms with Crippen LogP contribution in [0.25, 0.3) is 5.69 Å². The van der Waals surface area contributed by atoms with Gasteiger partial charge >= 0.3 is 0 Å². The van der Waals surface area contributed by atoms with Gasteiger partial charge in [-0.1, -0.05) is 18.2 Å². The number of hydrogen-bond acceptors (Lipinski definition) is 3. The lowest BCUT2D eigenvalue weighted by molar-refractivity contribution is 0.196. The number of piperidine rings is 1. The number of aryl methyl sites for hydroxylation is 1. The third kappa shape index (κ3) is 3.24. The van der Waals surface area contributed by atoms with Gasteiger partial charge in [0.15, 0.2) is 0 Å². The third-order valence-corrected chi connectivity index (χ3v) is 5.24. The van der Waals surface area contributed by atoms with Crippen molar-refractivity contribution in [2.75, 3.05) is 13.1 Å². The summed E-state index contributed by atoms with van der Waals surface area (Å²) in [7, 11) is 0. The fraction of sp³-hybridized carbons (Fsp3) is 0.400. The number of aromatic amines is 1. The number of aromatic nitrogens is 4. The van der Waals surface area contributed by atoms with Crippen molar-refractivity contribution < 1.29 is 0 Å². The van der Waals surface area contributed by atoms with Crippen LogP contribution >= 0.6 is 0 Å². The van der Waals surface area contributed by atoms with Crippen LogP contribution in [0.4, 0.5) is 0 Å². The Morgan fingerprint density at radius 2 is 2.04 bits per heavy atom. The van der Waals surface area contributed by atoms with Crippen LogP contribution in [0, 0.1) is 13.8 Å². The number of H-pyrrole nitrogens is 1. The molecule has 4 rings (SSSR count). The largest absolute Gasteiger partial charge is 0.348 e. The minimum Gasteiger partial charge on any atom is -0.348 e. The van der Waals surface area contributed by atoms with Gasteiger partial charge in [-0.15, -0.1) is 0 Å². The molecule has 1 fully saturated rings. The molecule has 1 N–H and O–H groups in total. The van der Waals surface area contributed by atoms with Crippen LogP contribution < -0.4 is 0 Å². The van der Waals surface area contributed by atoms with Crippen LogP contribution in [0.5, 0.6) is 0 Å². The van der Waals surface area contributed by atoms with Gasteiger partial charge < -0.3 is 4.98 Å². The third-order valence-electron chi connectivity index (χ3n) is 5.24. The Morgan fingerprint density at radius 3 is 2.80 bits per heavy atom. The van der Waals surface area contributed by atoms with E-state index in [-0.39, 0.29) is 0 Å². The number of imidazole rings is 1. The van der Waals surface area contributed by atoms with Crippen LogP contribution in [0.15, 0.2) is 42.7 Å². The molecule has 0 radical (unpaired) electrons. The van der Waals surface area contributed by atoms with E-state index in [1.54, 1.807) is 0 Å². The molecular weight excluding hydrogens is 310 g/mol. The summed E-state index contributed by atoms with van der Waals surface area (Å²) in [6.45, 7) is 7.46. The number of hydrogen-bond donors (Lipinski definition) is 1. The fourth-order valence-corrected chi connectivity index (χ4v) is 3.87. The quantitative estimate of drug-likeness (QED) is 0.793. The van der Waals surface area contributed by atoms with Gasteiger partial charge in [-0.3, -0.25) is 4.90 Å². The van der Waals surface area contributed by atoms with Crippen LogP contribution in [0.2, 0.25) is 0 Å². The minimum absolute atomic E-state index is 0.508. The van der Waals surface area contributed by atoms with Gasteiger partial charge in [-0.05, 0) is 45.4 Å². The number of para-hydroxylation sites is 1. The van der Waals surface area contributed by atoms with Gasteiger partial charge in [0.1, 0.15) is 5.82 Å². The monoisotopic (exact) mass is 335 g/mol. The van der Waals surface area contributed by atoms with E-state index in [0.717, 1.165) is 36.8 Å². The first-order chi connectivity index (χ1) is 12.2. The molecule has 1 atom stereocenters. The average Bonchev–Trinajstić information content (AvgIpc) is 3.27. The highest BCUT2D eigenvalue weighted by Crippen LogP contribution is 2.27. The van der Waals surface area contributed by atoms with Crippen molar-refractivity contribution in [2.24, 2.45) is 0 Å². The maximum absolute atomic E-state index is 4.79. The van der Waals surface area contributed by atoms with E-state index in [9.17, 15) is 0 Å². The van der Waals surface area contributed by atoms with Gasteiger partial charge in [-0.2, -0.15) is 5.10 Å². The molecule has 1 aliphatic heterocycles. The average molecular weight is 335 g/mol. The fourth-order valence-electron chi connectivity index (χ4n) is 3.87. The van der Waals surface area contributed by atoms with Crippen molar-refractivity contribution in [3.05, 3.63) is 65.5 Å². The van der Waals surface area contributed by atoms with E-state index in [4.69, 9.17) is 5.10 Å². The second kappa shape index (κ2) is 6.84. The Hall–Kier alpha value is -2.40. The van der Waals surface area contributed by atoms with E-state index in [2.05, 4.69) is 57.7 Å². The minimum atomic E-state index is 0.508. The van der Waals surface area contributed by atoms with Crippen LogP contribution in [-0.4, -0.2) is 37.7 Å². The van der Waals surface area contributed by atoms with E-state index in [1.807, 2.05) is 18.5 Å². The summed E-state index contributed by atoms with van der Waals surface area (Å²) in [4.78, 5) is 10.3. The first kappa shape index (κ1) is 16.1. The lowest BCUT2D eigenvalue weighted by atomic mass is 9.97. The smallest absolute Gasteiger partial charge is 0.110 e. The molecule has 0 amide bonds. The molecule has 5 heteroatoms. The molecule has 5 nitrogen and oxygen atoms in total. The first-order valence-electron chi connectivity index (χ1n) is 9.04. The molecular formula is C20H25N5. The van der Waals surface area contributed by atoms with Crippen LogP contribution in [-0.2, 0) is 6.54 Å². The summed E-state index contributed by atoms with van der Waals surface area (Å²) in [5.74, 6) is 1.63. The molecule has 0 spiro atoms. The number of nitrogens with one attached hydrogen (secondary N) is 1. The Bertz CT molecular complexity index is 819. The maximum atomic E-state index is 4.79. The van der Waals surface area contributed by atoms with Gasteiger partial charge in [0.05, 0.1) is 11.4 Å². The molecule has 1 aromatic carbocycles. The van der Waals surface area contributed by atoms with Crippen molar-refractivity contribution in [3.8, 4) is 5.69 Å². The Balaban J connectivity index is 1.54. The van der Waals surface area contributed by atoms with E-state index in [0.29, 0.717) is 5.92 Å². The van der Waals surface area contributed by atoms with Crippen LogP contribution in [0.3, 0.4) is 0 Å². The molecule has 0 aliphatic carbocycles. The van der Waals surface area contributed by atoms with Gasteiger partial charge in [0.25, 0.3) is 0 Å². The van der Waals surface area contributed by atoms with E-state index in [1.165, 1.54) is 24.1 Å². The summed E-state index contributed by atoms with van der Waals surface area (Å²) < 4.78 is 2.07. The molecule has 25 heavy (non-hydrogen) atoms. The summed E-state index contributed by atoms with van der Waals surface area (Å²) in [5, 5.41) is 4.79. The second-order valence-corrected chi connectivity index (χ2v) is 6.95. The molecule has 0 saturated carbocycles. The van der Waals surface area contributed by atoms with E-state index < -0.39 is 0 Å². The summed E-state index contributed by atoms with van der Waals surface area (Å²) in [5.41, 5.74) is 4.84. The number of nitrogens with zero attached hydrogens (tertiary/aromatic N) is 4. The lowest BCUT2D eigenvalue weighted by Gasteiger charge is -2.31. The van der Waals surface area contributed by atoms with Crippen molar-refractivity contribution in [1.29, 1.82) is 0 Å². The summed E-state index contributed by atoms with van der Waals surface area (Å²) >= 11 is 0. The molecule has 2 aromatic heterocycles. The predicted molar refractivity (Wildman–Crippen MR) is 98.9 cm³/mol. The molecule has 1 unspecified atom stereocenters. The standard InChI is InChI=1S/C20H25N5/c1-15-19(16(2)25(23-15)18-8-4-3-5-9-18)14-24-12-6-7-17(13-24)20-21-10-11-22-20/h3-5,8-11,17H,6-7,12-14H2,1-2H3,(H,21,22). The predicted octanol–water partition coefficient (Wildman–Crippen LogP) is 3.59. The highest BCUT2D eigenvalue weighted by atomic mass is 15.3. The molecule has 0 bridgehead atoms. The van der Waals surface area contributed by atoms with E-state index >= 15 is 0 Å². The van der Waals surface area contributed by atoms with Crippen LogP contribution in [0.1, 0.15) is 41.5 Å². The molecule has 130 valence electrons. The molecule has 3 heterocycles. The van der Waals surface area contributed by atoms with Gasteiger partial charge in [0.2, 0.25) is 0 Å². The van der Waals surface area contributed by atoms with Gasteiger partial charge in [0, 0.05) is 42.7 Å². The SMILES string of the molecule is Cc1nn(-c2ccccc2)c(C)c1CN1CCCC(c2ncc[nH]2)C1. The zero-order valence-corrected chi connectivity index (χ0v) is 14.9. The zero-order valence-electron chi connectivity index (χ0n) is 14.9. The first-order valence-corrected chi connectivity index (χ1v) is 9.04. The Morgan fingerprint density at radius 1 is 1.20 bits per heavy atom. The number of benzene rings is 1. The highest BCUT2D eigenvalue weighted by molar-refractivity contribution is 5.36. The molecule has 3 aromatic rings. The second-order valence-electron chi connectivity index (χ2n) is 6.95. The summed E-state index contributed by atoms with van der Waals surface area (Å²) in [6, 6.07) is 10.4. The number of likely N-dealkylation sites (tertiary alicyclic amines) is 1. The van der Waals surface area contributed by atoms with Crippen molar-refractivity contribution in [1.82, 2.24) is 24.6 Å². The molecule has 1 saturated heterocycles. The highest BCUT2D eigenvalue weighted by Gasteiger charge is 2.24. The van der Waals surface area contributed by atoms with Crippen molar-refractivity contribution in [3.63, 3.8) is 0 Å². The maximum Gasteiger partial charge on any atom is 0.110 e. The van der Waals surface area contributed by atoms with Crippen molar-refractivity contribution >= 4 is 0 Å². The summed E-state index contributed by atoms with van der Waals surface area (Å²) in [6.07, 6.45) is 6.21.